The van der Waals surface area contributed by atoms with Crippen LogP contribution in [0.25, 0.3) is 0 Å². The summed E-state index contributed by atoms with van der Waals surface area (Å²) in [5, 5.41) is 0. The van der Waals surface area contributed by atoms with Gasteiger partial charge in [0, 0.05) is 30.2 Å². The van der Waals surface area contributed by atoms with Gasteiger partial charge in [-0.3, -0.25) is 0 Å². The van der Waals surface area contributed by atoms with Crippen LogP contribution in [0.15, 0.2) is 12.4 Å². The zero-order valence-electron chi connectivity index (χ0n) is 8.99. The van der Waals surface area contributed by atoms with E-state index in [9.17, 15) is 0 Å². The Morgan fingerprint density at radius 2 is 2.27 bits per heavy atom. The van der Waals surface area contributed by atoms with E-state index in [-0.39, 0.29) is 0 Å². The van der Waals surface area contributed by atoms with Gasteiger partial charge in [-0.25, -0.2) is 9.97 Å². The molecule has 1 fully saturated rings. The second-order valence-electron chi connectivity index (χ2n) is 3.98. The molecule has 0 N–H and O–H groups in total. The lowest BCUT2D eigenvalue weighted by atomic mass is 9.91. The van der Waals surface area contributed by atoms with Crippen LogP contribution in [0.1, 0.15) is 25.0 Å². The molecule has 2 rings (SSSR count). The topological polar surface area (TPSA) is 29.0 Å². The first kappa shape index (κ1) is 10.7. The molecule has 0 aliphatic heterocycles. The number of anilines is 1. The molecule has 0 bridgehead atoms. The fraction of sp³-hybridized carbons (Fsp3) is 0.636. The Hall–Kier alpha value is -0.830. The van der Waals surface area contributed by atoms with Crippen molar-refractivity contribution in [3.63, 3.8) is 0 Å². The van der Waals surface area contributed by atoms with Crippen LogP contribution in [-0.4, -0.2) is 28.4 Å². The van der Waals surface area contributed by atoms with Gasteiger partial charge in [-0.15, -0.1) is 11.6 Å². The van der Waals surface area contributed by atoms with Gasteiger partial charge in [0.1, 0.15) is 12.1 Å². The molecule has 0 aromatic carbocycles. The summed E-state index contributed by atoms with van der Waals surface area (Å²) in [5.41, 5.74) is 1.01. The fourth-order valence-electron chi connectivity index (χ4n) is 1.87. The Bertz CT molecular complexity index is 325. The molecule has 0 amide bonds. The molecule has 0 atom stereocenters. The van der Waals surface area contributed by atoms with Gasteiger partial charge in [-0.2, -0.15) is 0 Å². The van der Waals surface area contributed by atoms with Crippen LogP contribution in [0.2, 0.25) is 0 Å². The third-order valence-corrected chi connectivity index (χ3v) is 3.09. The Morgan fingerprint density at radius 3 is 2.80 bits per heavy atom. The zero-order valence-corrected chi connectivity index (χ0v) is 9.74. The molecule has 15 heavy (non-hydrogen) atoms. The summed E-state index contributed by atoms with van der Waals surface area (Å²) in [7, 11) is 0. The molecule has 1 heterocycles. The van der Waals surface area contributed by atoms with Gasteiger partial charge < -0.3 is 4.90 Å². The number of hydrogen-bond acceptors (Lipinski definition) is 3. The van der Waals surface area contributed by atoms with Crippen molar-refractivity contribution in [2.75, 3.05) is 17.3 Å². The highest BCUT2D eigenvalue weighted by Crippen LogP contribution is 2.28. The van der Waals surface area contributed by atoms with Gasteiger partial charge in [0.15, 0.2) is 0 Å². The van der Waals surface area contributed by atoms with E-state index >= 15 is 0 Å². The Labute approximate surface area is 95.5 Å². The lowest BCUT2D eigenvalue weighted by Gasteiger charge is -2.38. The SMILES string of the molecule is Cc1cc(N(CCCl)C2CCC2)ncn1. The van der Waals surface area contributed by atoms with Crippen molar-refractivity contribution in [2.45, 2.75) is 32.2 Å². The molecule has 82 valence electrons. The first-order valence-corrected chi connectivity index (χ1v) is 5.96. The first-order valence-electron chi connectivity index (χ1n) is 5.42. The van der Waals surface area contributed by atoms with Gasteiger partial charge in [0.2, 0.25) is 0 Å². The largest absolute Gasteiger partial charge is 0.352 e. The standard InChI is InChI=1S/C11H16ClN3/c1-9-7-11(14-8-13-9)15(6-5-12)10-3-2-4-10/h7-8,10H,2-6H2,1H3. The van der Waals surface area contributed by atoms with Crippen molar-refractivity contribution in [3.05, 3.63) is 18.1 Å². The molecular weight excluding hydrogens is 210 g/mol. The third-order valence-electron chi connectivity index (χ3n) is 2.92. The number of aryl methyl sites for hydroxylation is 1. The van der Waals surface area contributed by atoms with Crippen LogP contribution in [0.4, 0.5) is 5.82 Å². The minimum atomic E-state index is 0.637. The fourth-order valence-corrected chi connectivity index (χ4v) is 2.05. The number of hydrogen-bond donors (Lipinski definition) is 0. The molecule has 0 saturated heterocycles. The van der Waals surface area contributed by atoms with Crippen molar-refractivity contribution >= 4 is 17.4 Å². The second kappa shape index (κ2) is 4.79. The highest BCUT2D eigenvalue weighted by Gasteiger charge is 2.25. The predicted octanol–water partition coefficient (Wildman–Crippen LogP) is 2.38. The molecule has 0 unspecified atom stereocenters. The van der Waals surface area contributed by atoms with Crippen LogP contribution < -0.4 is 4.90 Å². The van der Waals surface area contributed by atoms with Crippen LogP contribution in [-0.2, 0) is 0 Å². The maximum Gasteiger partial charge on any atom is 0.132 e. The van der Waals surface area contributed by atoms with Crippen molar-refractivity contribution in [1.29, 1.82) is 0 Å². The van der Waals surface area contributed by atoms with Crippen LogP contribution in [0, 0.1) is 6.92 Å². The number of halogens is 1. The molecule has 1 aliphatic rings. The smallest absolute Gasteiger partial charge is 0.132 e. The molecule has 0 radical (unpaired) electrons. The molecule has 1 saturated carbocycles. The van der Waals surface area contributed by atoms with Gasteiger partial charge in [-0.05, 0) is 26.2 Å². The van der Waals surface area contributed by atoms with Crippen molar-refractivity contribution in [3.8, 4) is 0 Å². The third kappa shape index (κ3) is 2.40. The lowest BCUT2D eigenvalue weighted by Crippen LogP contribution is -2.42. The summed E-state index contributed by atoms with van der Waals surface area (Å²) in [6.07, 6.45) is 5.48. The highest BCUT2D eigenvalue weighted by molar-refractivity contribution is 6.18. The van der Waals surface area contributed by atoms with E-state index in [2.05, 4.69) is 14.9 Å². The van der Waals surface area contributed by atoms with E-state index in [1.54, 1.807) is 6.33 Å². The maximum absolute atomic E-state index is 5.83. The van der Waals surface area contributed by atoms with E-state index in [0.717, 1.165) is 18.1 Å². The van der Waals surface area contributed by atoms with Crippen LogP contribution >= 0.6 is 11.6 Å². The summed E-state index contributed by atoms with van der Waals surface area (Å²) in [4.78, 5) is 10.7. The van der Waals surface area contributed by atoms with E-state index in [0.29, 0.717) is 11.9 Å². The average Bonchev–Trinajstić information content (AvgIpc) is 2.14. The van der Waals surface area contributed by atoms with Crippen molar-refractivity contribution in [2.24, 2.45) is 0 Å². The van der Waals surface area contributed by atoms with Crippen LogP contribution in [0.5, 0.6) is 0 Å². The van der Waals surface area contributed by atoms with E-state index in [1.807, 2.05) is 13.0 Å². The van der Waals surface area contributed by atoms with Gasteiger partial charge in [-0.1, -0.05) is 0 Å². The summed E-state index contributed by atoms with van der Waals surface area (Å²) in [5.74, 6) is 1.67. The molecule has 1 aromatic heterocycles. The zero-order chi connectivity index (χ0) is 10.7. The lowest BCUT2D eigenvalue weighted by molar-refractivity contribution is 0.388. The highest BCUT2D eigenvalue weighted by atomic mass is 35.5. The second-order valence-corrected chi connectivity index (χ2v) is 4.36. The van der Waals surface area contributed by atoms with Gasteiger partial charge in [0.05, 0.1) is 0 Å². The molecule has 4 heteroatoms. The van der Waals surface area contributed by atoms with Crippen LogP contribution in [0.3, 0.4) is 0 Å². The molecule has 3 nitrogen and oxygen atoms in total. The minimum Gasteiger partial charge on any atom is -0.352 e. The quantitative estimate of drug-likeness (QED) is 0.737. The Balaban J connectivity index is 2.15. The monoisotopic (exact) mass is 225 g/mol. The average molecular weight is 226 g/mol. The Morgan fingerprint density at radius 1 is 1.47 bits per heavy atom. The summed E-state index contributed by atoms with van der Waals surface area (Å²) < 4.78 is 0. The van der Waals surface area contributed by atoms with Gasteiger partial charge in [0.25, 0.3) is 0 Å². The van der Waals surface area contributed by atoms with Crippen molar-refractivity contribution < 1.29 is 0 Å². The Kier molecular flexibility index (Phi) is 3.41. The number of aromatic nitrogens is 2. The maximum atomic E-state index is 5.83. The van der Waals surface area contributed by atoms with Gasteiger partial charge >= 0.3 is 0 Å². The van der Waals surface area contributed by atoms with E-state index in [4.69, 9.17) is 11.6 Å². The number of nitrogens with zero attached hydrogens (tertiary/aromatic N) is 3. The van der Waals surface area contributed by atoms with E-state index in [1.165, 1.54) is 19.3 Å². The molecule has 1 aromatic rings. The van der Waals surface area contributed by atoms with Crippen molar-refractivity contribution in [1.82, 2.24) is 9.97 Å². The molecular formula is C11H16ClN3. The minimum absolute atomic E-state index is 0.637. The summed E-state index contributed by atoms with van der Waals surface area (Å²) in [6, 6.07) is 2.67. The molecule has 1 aliphatic carbocycles. The first-order chi connectivity index (χ1) is 7.31. The summed E-state index contributed by atoms with van der Waals surface area (Å²) in [6.45, 7) is 2.87. The number of alkyl halides is 1. The predicted molar refractivity (Wildman–Crippen MR) is 62.5 cm³/mol. The molecule has 0 spiro atoms. The summed E-state index contributed by atoms with van der Waals surface area (Å²) >= 11 is 5.83. The van der Waals surface area contributed by atoms with E-state index < -0.39 is 0 Å². The normalized spacial score (nSPS) is 16.1. The number of rotatable bonds is 4.